The zero-order chi connectivity index (χ0) is 41.1. The molecule has 3 aromatic heterocycles. The molecule has 0 unspecified atom stereocenters. The molecule has 12 rings (SSSR count). The number of pyridine rings is 2. The van der Waals surface area contributed by atoms with Crippen LogP contribution in [0, 0.1) is 12.1 Å². The van der Waals surface area contributed by atoms with Crippen LogP contribution in [0.4, 0.5) is 0 Å². The summed E-state index contributed by atoms with van der Waals surface area (Å²) in [5, 5.41) is 6.06. The molecule has 62 heavy (non-hydrogen) atoms. The van der Waals surface area contributed by atoms with Crippen molar-refractivity contribution in [3.05, 3.63) is 222 Å². The van der Waals surface area contributed by atoms with Crippen LogP contribution < -0.4 is 0 Å². The fourth-order valence-electron chi connectivity index (χ4n) is 9.11. The monoisotopic (exact) mass is 1040 g/mol. The minimum absolute atomic E-state index is 0. The van der Waals surface area contributed by atoms with Crippen LogP contribution in [0.3, 0.4) is 0 Å². The molecule has 1 radical (unpaired) electrons. The van der Waals surface area contributed by atoms with Gasteiger partial charge in [-0.3, -0.25) is 4.98 Å². The third-order valence-electron chi connectivity index (χ3n) is 12.2. The Labute approximate surface area is 383 Å². The van der Waals surface area contributed by atoms with E-state index in [1.54, 1.807) is 0 Å². The van der Waals surface area contributed by atoms with E-state index in [-0.39, 0.29) is 25.5 Å². The summed E-state index contributed by atoms with van der Waals surface area (Å²) in [5.74, 6) is 0. The fourth-order valence-corrected chi connectivity index (χ4v) is 9.47. The normalized spacial score (nSPS) is 12.4. The molecular weight excluding hydrogens is 999 g/mol. The van der Waals surface area contributed by atoms with E-state index in [9.17, 15) is 0 Å². The molecule has 3 nitrogen and oxygen atoms in total. The average Bonchev–Trinajstić information content (AvgIpc) is 3.64. The van der Waals surface area contributed by atoms with Crippen LogP contribution in [0.5, 0.6) is 0 Å². The summed E-state index contributed by atoms with van der Waals surface area (Å²) in [5.41, 5.74) is 16.1. The van der Waals surface area contributed by atoms with Gasteiger partial charge < -0.3 is 9.55 Å². The van der Waals surface area contributed by atoms with Gasteiger partial charge in [-0.1, -0.05) is 143 Å². The van der Waals surface area contributed by atoms with Gasteiger partial charge in [0.2, 0.25) is 0 Å². The van der Waals surface area contributed by atoms with E-state index in [2.05, 4.69) is 191 Å². The summed E-state index contributed by atoms with van der Waals surface area (Å²) < 4.78 is 3.53. The largest absolute Gasteiger partial charge is 0.309 e. The second-order valence-electron chi connectivity index (χ2n) is 16.2. The number of para-hydroxylation sites is 2. The molecule has 0 bridgehead atoms. The van der Waals surface area contributed by atoms with Crippen molar-refractivity contribution in [2.24, 2.45) is 0 Å². The van der Waals surface area contributed by atoms with E-state index in [0.717, 1.165) is 43.3 Å². The van der Waals surface area contributed by atoms with Gasteiger partial charge in [-0.25, -0.2) is 0 Å². The van der Waals surface area contributed by atoms with Crippen molar-refractivity contribution in [2.45, 2.75) is 19.3 Å². The Morgan fingerprint density at radius 3 is 2.13 bits per heavy atom. The van der Waals surface area contributed by atoms with Crippen LogP contribution >= 0.6 is 15.9 Å². The molecule has 0 fully saturated rings. The maximum absolute atomic E-state index is 4.97. The zero-order valence-electron chi connectivity index (χ0n) is 34.0. The molecule has 1 aliphatic heterocycles. The number of benzene rings is 8. The van der Waals surface area contributed by atoms with Crippen molar-refractivity contribution < 1.29 is 20.1 Å². The van der Waals surface area contributed by atoms with Crippen molar-refractivity contribution in [1.82, 2.24) is 14.5 Å². The second kappa shape index (κ2) is 16.1. The molecule has 0 spiro atoms. The van der Waals surface area contributed by atoms with E-state index in [4.69, 9.17) is 4.98 Å². The summed E-state index contributed by atoms with van der Waals surface area (Å²) in [7, 11) is 0. The number of hydrogen-bond donors (Lipinski definition) is 0. The van der Waals surface area contributed by atoms with Crippen LogP contribution in [-0.2, 0) is 25.5 Å². The zero-order valence-corrected chi connectivity index (χ0v) is 38.0. The summed E-state index contributed by atoms with van der Waals surface area (Å²) >= 11 is 3.48. The third-order valence-corrected chi connectivity index (χ3v) is 12.7. The van der Waals surface area contributed by atoms with Crippen LogP contribution in [0.1, 0.15) is 25.0 Å². The van der Waals surface area contributed by atoms with E-state index in [0.29, 0.717) is 0 Å². The first-order valence-corrected chi connectivity index (χ1v) is 21.4. The Bertz CT molecular complexity index is 3470. The van der Waals surface area contributed by atoms with Crippen molar-refractivity contribution >= 4 is 59.4 Å². The van der Waals surface area contributed by atoms with Crippen LogP contribution in [0.2, 0.25) is 0 Å². The number of halogens is 1. The molecule has 0 saturated carbocycles. The predicted octanol–water partition coefficient (Wildman–Crippen LogP) is 15.2. The first-order valence-electron chi connectivity index (χ1n) is 20.6. The third kappa shape index (κ3) is 6.87. The summed E-state index contributed by atoms with van der Waals surface area (Å²) in [6, 6.07) is 73.2. The second-order valence-corrected chi connectivity index (χ2v) is 17.1. The van der Waals surface area contributed by atoms with Crippen LogP contribution in [-0.4, -0.2) is 14.5 Å². The Morgan fingerprint density at radius 2 is 1.26 bits per heavy atom. The van der Waals surface area contributed by atoms with Gasteiger partial charge >= 0.3 is 0 Å². The molecule has 0 saturated heterocycles. The molecule has 299 valence electrons. The number of rotatable bonds is 4. The number of hydrogen-bond acceptors (Lipinski definition) is 2. The van der Waals surface area contributed by atoms with Crippen molar-refractivity contribution in [3.8, 4) is 50.5 Å². The summed E-state index contributed by atoms with van der Waals surface area (Å²) in [6.07, 6.45) is 1.84. The maximum atomic E-state index is 4.97. The first kappa shape index (κ1) is 39.6. The van der Waals surface area contributed by atoms with Gasteiger partial charge in [0.15, 0.2) is 0 Å². The first-order chi connectivity index (χ1) is 29.9. The Morgan fingerprint density at radius 1 is 0.532 bits per heavy atom. The van der Waals surface area contributed by atoms with Gasteiger partial charge in [0.05, 0.1) is 22.2 Å². The smallest absolute Gasteiger partial charge is 0.0595 e. The Balaban J connectivity index is 0.000000214. The molecule has 0 atom stereocenters. The number of nitrogens with zero attached hydrogens (tertiary/aromatic N) is 3. The average molecular weight is 1040 g/mol. The number of fused-ring (bicyclic) bond motifs is 7. The van der Waals surface area contributed by atoms with Crippen molar-refractivity contribution in [2.75, 3.05) is 0 Å². The van der Waals surface area contributed by atoms with Crippen LogP contribution in [0.25, 0.3) is 93.9 Å². The minimum Gasteiger partial charge on any atom is -0.309 e. The van der Waals surface area contributed by atoms with E-state index in [1.807, 2.05) is 54.7 Å². The van der Waals surface area contributed by atoms with Gasteiger partial charge in [-0.2, -0.15) is 0 Å². The van der Waals surface area contributed by atoms with E-state index in [1.165, 1.54) is 66.3 Å². The topological polar surface area (TPSA) is 30.7 Å². The Hall–Kier alpha value is -6.49. The predicted molar refractivity (Wildman–Crippen MR) is 257 cm³/mol. The van der Waals surface area contributed by atoms with Crippen molar-refractivity contribution in [1.29, 1.82) is 0 Å². The van der Waals surface area contributed by atoms with Gasteiger partial charge in [-0.05, 0) is 97.8 Å². The molecule has 8 aromatic carbocycles. The molecule has 4 heterocycles. The van der Waals surface area contributed by atoms with Crippen LogP contribution in [0.15, 0.2) is 199 Å². The minimum atomic E-state index is -0.166. The van der Waals surface area contributed by atoms with Gasteiger partial charge in [0.1, 0.15) is 0 Å². The fraction of sp³-hybridized carbons (Fsp3) is 0.0526. The quantitative estimate of drug-likeness (QED) is 0.165. The molecule has 0 N–H and O–H groups in total. The van der Waals surface area contributed by atoms with Gasteiger partial charge in [0.25, 0.3) is 0 Å². The SMILES string of the molecule is Brc1cc[c-]c(-c2nccc3ccccc23)c1.CC1(C)c2ccccc2-n2c3ccc(-c4ccccc4)cc3c3cc(-c4cc[c-]c(-c5ccc6ccccc6n5)c4)cc1c32.[Ir]. The maximum Gasteiger partial charge on any atom is 0.0595 e. The molecule has 1 aliphatic rings. The van der Waals surface area contributed by atoms with Gasteiger partial charge in [0, 0.05) is 42.5 Å². The molecule has 11 aromatic rings. The van der Waals surface area contributed by atoms with E-state index >= 15 is 0 Å². The molecular formula is C57H38BrIrN3-2. The standard InChI is InChI=1S/C42H29N2.C15H9BrN.Ir/c1-42(2)35-16-7-9-18-40(35)44-39-22-20-30(27-11-4-3-5-12-27)24-33(39)34-25-32(26-36(42)41(34)44)29-14-10-15-31(23-29)38-21-19-28-13-6-8-17-37(28)43-38;16-13-6-3-5-12(10-13)15-14-7-2-1-4-11(14)8-9-17-15;/h3-14,16-26H,1-2H3;1-4,6-10H;/q2*-1;. The van der Waals surface area contributed by atoms with Gasteiger partial charge in [-0.15, -0.1) is 65.2 Å². The number of aromatic nitrogens is 3. The van der Waals surface area contributed by atoms with E-state index < -0.39 is 0 Å². The Kier molecular flexibility index (Phi) is 10.3. The van der Waals surface area contributed by atoms with Crippen molar-refractivity contribution in [3.63, 3.8) is 0 Å². The summed E-state index contributed by atoms with van der Waals surface area (Å²) in [6.45, 7) is 4.73. The summed E-state index contributed by atoms with van der Waals surface area (Å²) in [4.78, 5) is 9.44. The molecule has 5 heteroatoms. The molecule has 0 amide bonds. The molecule has 0 aliphatic carbocycles.